The Bertz CT molecular complexity index is 1130. The first-order valence-electron chi connectivity index (χ1n) is 9.90. The zero-order valence-corrected chi connectivity index (χ0v) is 17.6. The molecule has 0 radical (unpaired) electrons. The van der Waals surface area contributed by atoms with Crippen molar-refractivity contribution in [2.45, 2.75) is 17.6 Å². The highest BCUT2D eigenvalue weighted by molar-refractivity contribution is 7.90. The number of sulfone groups is 1. The van der Waals surface area contributed by atoms with Gasteiger partial charge >= 0.3 is 0 Å². The Balaban J connectivity index is 1.41. The van der Waals surface area contributed by atoms with Gasteiger partial charge < -0.3 is 14.2 Å². The Labute approximate surface area is 176 Å². The molecular formula is C23H24N2O4S. The molecule has 0 aliphatic carbocycles. The lowest BCUT2D eigenvalue weighted by Gasteiger charge is -2.35. The third-order valence-electron chi connectivity index (χ3n) is 5.32. The van der Waals surface area contributed by atoms with Crippen molar-refractivity contribution in [3.63, 3.8) is 0 Å². The number of hydrogen-bond acceptors (Lipinski definition) is 5. The van der Waals surface area contributed by atoms with Gasteiger partial charge in [-0.05, 0) is 42.8 Å². The number of anilines is 1. The summed E-state index contributed by atoms with van der Waals surface area (Å²) >= 11 is 0. The molecular weight excluding hydrogens is 400 g/mol. The van der Waals surface area contributed by atoms with Crippen LogP contribution in [0.1, 0.15) is 21.9 Å². The molecule has 4 rings (SSSR count). The maximum Gasteiger partial charge on any atom is 0.289 e. The highest BCUT2D eigenvalue weighted by atomic mass is 32.2. The van der Waals surface area contributed by atoms with Crippen molar-refractivity contribution in [1.29, 1.82) is 0 Å². The number of hydrogen-bond donors (Lipinski definition) is 0. The van der Waals surface area contributed by atoms with E-state index in [1.165, 1.54) is 0 Å². The van der Waals surface area contributed by atoms with E-state index in [0.717, 1.165) is 18.8 Å². The fraction of sp³-hybridized carbons (Fsp3) is 0.261. The molecule has 0 atom stereocenters. The minimum atomic E-state index is -3.54. The van der Waals surface area contributed by atoms with Gasteiger partial charge in [-0.25, -0.2) is 8.42 Å². The van der Waals surface area contributed by atoms with Crippen molar-refractivity contribution in [3.8, 4) is 0 Å². The number of furan rings is 1. The van der Waals surface area contributed by atoms with Gasteiger partial charge in [-0.3, -0.25) is 4.79 Å². The zero-order valence-electron chi connectivity index (χ0n) is 16.8. The molecule has 1 aliphatic rings. The van der Waals surface area contributed by atoms with Crippen molar-refractivity contribution < 1.29 is 17.6 Å². The molecule has 3 aromatic rings. The Morgan fingerprint density at radius 2 is 1.57 bits per heavy atom. The molecule has 1 aromatic heterocycles. The predicted octanol–water partition coefficient (Wildman–Crippen LogP) is 3.52. The topological polar surface area (TPSA) is 70.8 Å². The maximum atomic E-state index is 12.8. The highest BCUT2D eigenvalue weighted by Crippen LogP contribution is 2.22. The average Bonchev–Trinajstić information content (AvgIpc) is 3.22. The fourth-order valence-electron chi connectivity index (χ4n) is 3.70. The highest BCUT2D eigenvalue weighted by Gasteiger charge is 2.26. The normalized spacial score (nSPS) is 14.7. The van der Waals surface area contributed by atoms with Crippen LogP contribution in [0, 0.1) is 6.92 Å². The van der Waals surface area contributed by atoms with E-state index in [-0.39, 0.29) is 28.1 Å². The number of para-hydroxylation sites is 1. The van der Waals surface area contributed by atoms with Crippen molar-refractivity contribution >= 4 is 21.4 Å². The quantitative estimate of drug-likeness (QED) is 0.627. The number of amides is 1. The summed E-state index contributed by atoms with van der Waals surface area (Å²) in [6.07, 6.45) is 0. The minimum absolute atomic E-state index is 0.179. The maximum absolute atomic E-state index is 12.8. The van der Waals surface area contributed by atoms with E-state index in [1.807, 2.05) is 18.2 Å². The zero-order chi connectivity index (χ0) is 21.1. The number of nitrogens with zero attached hydrogens (tertiary/aromatic N) is 2. The van der Waals surface area contributed by atoms with E-state index in [9.17, 15) is 13.2 Å². The lowest BCUT2D eigenvalue weighted by molar-refractivity contribution is 0.0713. The van der Waals surface area contributed by atoms with E-state index < -0.39 is 9.84 Å². The molecule has 0 N–H and O–H groups in total. The largest absolute Gasteiger partial charge is 0.455 e. The van der Waals surface area contributed by atoms with Gasteiger partial charge in [-0.2, -0.15) is 0 Å². The Morgan fingerprint density at radius 1 is 0.900 bits per heavy atom. The van der Waals surface area contributed by atoms with Gasteiger partial charge in [0.1, 0.15) is 11.5 Å². The summed E-state index contributed by atoms with van der Waals surface area (Å²) in [5, 5.41) is 0. The summed E-state index contributed by atoms with van der Waals surface area (Å²) in [6, 6.07) is 20.1. The first-order valence-corrected chi connectivity index (χ1v) is 11.6. The van der Waals surface area contributed by atoms with Crippen LogP contribution in [0.15, 0.2) is 76.0 Å². The summed E-state index contributed by atoms with van der Waals surface area (Å²) in [5.74, 6) is -0.0302. The monoisotopic (exact) mass is 424 g/mol. The lowest BCUT2D eigenvalue weighted by atomic mass is 10.2. The summed E-state index contributed by atoms with van der Waals surface area (Å²) < 4.78 is 31.0. The molecule has 1 amide bonds. The van der Waals surface area contributed by atoms with E-state index in [1.54, 1.807) is 48.2 Å². The average molecular weight is 425 g/mol. The number of carbonyl (C=O) groups is 1. The lowest BCUT2D eigenvalue weighted by Crippen LogP contribution is -2.48. The second-order valence-corrected chi connectivity index (χ2v) is 9.36. The molecule has 6 nitrogen and oxygen atoms in total. The third-order valence-corrected chi connectivity index (χ3v) is 7.11. The molecule has 2 heterocycles. The molecule has 0 bridgehead atoms. The van der Waals surface area contributed by atoms with Gasteiger partial charge in [-0.15, -0.1) is 0 Å². The van der Waals surface area contributed by atoms with Crippen molar-refractivity contribution in [2.24, 2.45) is 0 Å². The van der Waals surface area contributed by atoms with Crippen LogP contribution in [-0.4, -0.2) is 45.4 Å². The standard InChI is InChI=1S/C23H24N2O4S/c1-18-7-5-6-10-22(18)30(27,28)17-20-11-12-21(29-20)23(26)25-15-13-24(14-16-25)19-8-3-2-4-9-19/h2-12H,13-17H2,1H3. The van der Waals surface area contributed by atoms with E-state index in [2.05, 4.69) is 17.0 Å². The van der Waals surface area contributed by atoms with Crippen LogP contribution in [0.4, 0.5) is 5.69 Å². The number of rotatable bonds is 5. The van der Waals surface area contributed by atoms with Crippen molar-refractivity contribution in [1.82, 2.24) is 4.90 Å². The van der Waals surface area contributed by atoms with Crippen LogP contribution in [0.2, 0.25) is 0 Å². The Hall–Kier alpha value is -3.06. The van der Waals surface area contributed by atoms with Crippen LogP contribution in [0.25, 0.3) is 0 Å². The van der Waals surface area contributed by atoms with E-state index in [0.29, 0.717) is 18.7 Å². The molecule has 30 heavy (non-hydrogen) atoms. The molecule has 7 heteroatoms. The molecule has 1 saturated heterocycles. The number of piperazine rings is 1. The van der Waals surface area contributed by atoms with Crippen molar-refractivity contribution in [3.05, 3.63) is 83.8 Å². The number of benzene rings is 2. The van der Waals surface area contributed by atoms with Crippen LogP contribution >= 0.6 is 0 Å². The van der Waals surface area contributed by atoms with Gasteiger partial charge in [0.05, 0.1) is 4.90 Å². The Kier molecular flexibility index (Phi) is 5.63. The molecule has 2 aromatic carbocycles. The second-order valence-electron chi connectivity index (χ2n) is 7.41. The summed E-state index contributed by atoms with van der Waals surface area (Å²) in [5.41, 5.74) is 1.84. The smallest absolute Gasteiger partial charge is 0.289 e. The van der Waals surface area contributed by atoms with Gasteiger partial charge in [0.25, 0.3) is 5.91 Å². The summed E-state index contributed by atoms with van der Waals surface area (Å²) in [4.78, 5) is 17.1. The summed E-state index contributed by atoms with van der Waals surface area (Å²) in [6.45, 7) is 4.42. The van der Waals surface area contributed by atoms with Crippen molar-refractivity contribution in [2.75, 3.05) is 31.1 Å². The van der Waals surface area contributed by atoms with Gasteiger partial charge in [0, 0.05) is 31.9 Å². The molecule has 1 fully saturated rings. The second kappa shape index (κ2) is 8.36. The summed E-state index contributed by atoms with van der Waals surface area (Å²) in [7, 11) is -3.54. The van der Waals surface area contributed by atoms with Crippen LogP contribution in [0.5, 0.6) is 0 Å². The van der Waals surface area contributed by atoms with E-state index in [4.69, 9.17) is 4.42 Å². The van der Waals surface area contributed by atoms with Gasteiger partial charge in [0.2, 0.25) is 0 Å². The van der Waals surface area contributed by atoms with Crippen LogP contribution < -0.4 is 4.90 Å². The SMILES string of the molecule is Cc1ccccc1S(=O)(=O)Cc1ccc(C(=O)N2CCN(c3ccccc3)CC2)o1. The molecule has 1 aliphatic heterocycles. The number of carbonyl (C=O) groups excluding carboxylic acids is 1. The molecule has 156 valence electrons. The predicted molar refractivity (Wildman–Crippen MR) is 115 cm³/mol. The molecule has 0 spiro atoms. The van der Waals surface area contributed by atoms with E-state index >= 15 is 0 Å². The third kappa shape index (κ3) is 4.26. The molecule has 0 saturated carbocycles. The Morgan fingerprint density at radius 3 is 2.27 bits per heavy atom. The first-order chi connectivity index (χ1) is 14.4. The number of aryl methyl sites for hydroxylation is 1. The van der Waals surface area contributed by atoms with Gasteiger partial charge in [-0.1, -0.05) is 36.4 Å². The molecule has 0 unspecified atom stereocenters. The fourth-order valence-corrected chi connectivity index (χ4v) is 5.23. The van der Waals surface area contributed by atoms with Crippen LogP contribution in [0.3, 0.4) is 0 Å². The van der Waals surface area contributed by atoms with Crippen LogP contribution in [-0.2, 0) is 15.6 Å². The first kappa shape index (κ1) is 20.2. The minimum Gasteiger partial charge on any atom is -0.455 e. The van der Waals surface area contributed by atoms with Gasteiger partial charge in [0.15, 0.2) is 15.6 Å².